The summed E-state index contributed by atoms with van der Waals surface area (Å²) in [5.74, 6) is 0.894. The van der Waals surface area contributed by atoms with E-state index in [0.717, 1.165) is 18.8 Å². The molecule has 1 aliphatic heterocycles. The maximum absolute atomic E-state index is 5.99. The summed E-state index contributed by atoms with van der Waals surface area (Å²) in [4.78, 5) is 2.39. The minimum Gasteiger partial charge on any atom is -0.497 e. The Kier molecular flexibility index (Phi) is 3.46. The first-order valence-electron chi connectivity index (χ1n) is 6.79. The number of ether oxygens (including phenoxy) is 1. The van der Waals surface area contributed by atoms with E-state index in [1.54, 1.807) is 7.11 Å². The summed E-state index contributed by atoms with van der Waals surface area (Å²) >= 11 is 0. The van der Waals surface area contributed by atoms with E-state index in [4.69, 9.17) is 10.5 Å². The molecule has 5 nitrogen and oxygen atoms in total. The van der Waals surface area contributed by atoms with E-state index >= 15 is 0 Å². The fourth-order valence-corrected chi connectivity index (χ4v) is 2.91. The second-order valence-electron chi connectivity index (χ2n) is 5.24. The highest BCUT2D eigenvalue weighted by molar-refractivity contribution is 5.40. The molecule has 1 aliphatic rings. The van der Waals surface area contributed by atoms with Crippen LogP contribution < -0.4 is 10.5 Å². The molecule has 1 aromatic heterocycles. The molecule has 0 spiro atoms. The Hall–Kier alpha value is -1.85. The first kappa shape index (κ1) is 13.1. The molecule has 1 aromatic carbocycles. The number of hydrogen-bond acceptors (Lipinski definition) is 4. The number of fused-ring (bicyclic) bond motifs is 1. The standard InChI is InChI=1S/C15H20N4O/c1-18-8-11(7-17-18)9-19-10-12-3-4-13(20-2)5-14(12)15(19)6-16/h3-5,7-8,15H,6,9-10,16H2,1-2H3. The SMILES string of the molecule is COc1ccc2c(c1)C(CN)N(Cc1cnn(C)c1)C2. The van der Waals surface area contributed by atoms with Crippen LogP contribution in [0.25, 0.3) is 0 Å². The number of methoxy groups -OCH3 is 1. The minimum atomic E-state index is 0.250. The van der Waals surface area contributed by atoms with Crippen molar-refractivity contribution in [1.29, 1.82) is 0 Å². The van der Waals surface area contributed by atoms with Crippen LogP contribution in [-0.2, 0) is 20.1 Å². The molecule has 2 N–H and O–H groups in total. The number of aryl methyl sites for hydroxylation is 1. The molecule has 2 heterocycles. The van der Waals surface area contributed by atoms with Crippen LogP contribution in [0, 0.1) is 0 Å². The van der Waals surface area contributed by atoms with Crippen molar-refractivity contribution >= 4 is 0 Å². The van der Waals surface area contributed by atoms with Crippen LogP contribution in [0.3, 0.4) is 0 Å². The zero-order chi connectivity index (χ0) is 14.1. The van der Waals surface area contributed by atoms with Crippen LogP contribution in [0.1, 0.15) is 22.7 Å². The van der Waals surface area contributed by atoms with Crippen molar-refractivity contribution in [2.45, 2.75) is 19.1 Å². The third kappa shape index (κ3) is 2.30. The quantitative estimate of drug-likeness (QED) is 0.915. The fourth-order valence-electron chi connectivity index (χ4n) is 2.91. The van der Waals surface area contributed by atoms with Gasteiger partial charge in [0.15, 0.2) is 0 Å². The zero-order valence-electron chi connectivity index (χ0n) is 11.9. The average Bonchev–Trinajstić information content (AvgIpc) is 3.01. The van der Waals surface area contributed by atoms with Crippen molar-refractivity contribution in [2.24, 2.45) is 12.8 Å². The van der Waals surface area contributed by atoms with Gasteiger partial charge in [0.2, 0.25) is 0 Å². The van der Waals surface area contributed by atoms with E-state index in [1.807, 2.05) is 24.0 Å². The lowest BCUT2D eigenvalue weighted by atomic mass is 10.0. The molecule has 1 atom stereocenters. The van der Waals surface area contributed by atoms with Gasteiger partial charge in [-0.25, -0.2) is 0 Å². The molecule has 3 rings (SSSR count). The van der Waals surface area contributed by atoms with Gasteiger partial charge in [-0.1, -0.05) is 6.07 Å². The van der Waals surface area contributed by atoms with Crippen LogP contribution >= 0.6 is 0 Å². The van der Waals surface area contributed by atoms with Crippen LogP contribution in [0.2, 0.25) is 0 Å². The molecular weight excluding hydrogens is 252 g/mol. The van der Waals surface area contributed by atoms with Crippen molar-refractivity contribution in [3.8, 4) is 5.75 Å². The number of hydrogen-bond donors (Lipinski definition) is 1. The molecule has 0 bridgehead atoms. The van der Waals surface area contributed by atoms with Gasteiger partial charge in [-0.3, -0.25) is 9.58 Å². The van der Waals surface area contributed by atoms with Crippen LogP contribution in [0.4, 0.5) is 0 Å². The molecule has 0 aliphatic carbocycles. The predicted octanol–water partition coefficient (Wildman–Crippen LogP) is 1.44. The summed E-state index contributed by atoms with van der Waals surface area (Å²) in [6, 6.07) is 6.51. The number of nitrogens with zero attached hydrogens (tertiary/aromatic N) is 3. The molecule has 2 aromatic rings. The Balaban J connectivity index is 1.84. The van der Waals surface area contributed by atoms with Crippen molar-refractivity contribution in [1.82, 2.24) is 14.7 Å². The molecule has 0 amide bonds. The molecule has 0 saturated carbocycles. The highest BCUT2D eigenvalue weighted by Gasteiger charge is 2.29. The summed E-state index contributed by atoms with van der Waals surface area (Å²) in [6.07, 6.45) is 3.97. The first-order valence-corrected chi connectivity index (χ1v) is 6.79. The third-order valence-corrected chi connectivity index (χ3v) is 3.89. The molecular formula is C15H20N4O. The average molecular weight is 272 g/mol. The molecule has 0 saturated heterocycles. The fraction of sp³-hybridized carbons (Fsp3) is 0.400. The predicted molar refractivity (Wildman–Crippen MR) is 77.2 cm³/mol. The van der Waals surface area contributed by atoms with Gasteiger partial charge in [0.25, 0.3) is 0 Å². The van der Waals surface area contributed by atoms with Gasteiger partial charge in [-0.05, 0) is 23.3 Å². The van der Waals surface area contributed by atoms with Gasteiger partial charge < -0.3 is 10.5 Å². The lowest BCUT2D eigenvalue weighted by Crippen LogP contribution is -2.27. The van der Waals surface area contributed by atoms with Gasteiger partial charge in [0, 0.05) is 44.5 Å². The Morgan fingerprint density at radius 3 is 2.95 bits per heavy atom. The van der Waals surface area contributed by atoms with E-state index < -0.39 is 0 Å². The highest BCUT2D eigenvalue weighted by atomic mass is 16.5. The lowest BCUT2D eigenvalue weighted by molar-refractivity contribution is 0.211. The van der Waals surface area contributed by atoms with E-state index in [9.17, 15) is 0 Å². The largest absolute Gasteiger partial charge is 0.497 e. The van der Waals surface area contributed by atoms with E-state index in [2.05, 4.69) is 28.3 Å². The van der Waals surface area contributed by atoms with Crippen LogP contribution in [0.5, 0.6) is 5.75 Å². The number of aromatic nitrogens is 2. The summed E-state index contributed by atoms with van der Waals surface area (Å²) in [5, 5.41) is 4.22. The van der Waals surface area contributed by atoms with Crippen molar-refractivity contribution in [2.75, 3.05) is 13.7 Å². The topological polar surface area (TPSA) is 56.3 Å². The van der Waals surface area contributed by atoms with E-state index in [1.165, 1.54) is 16.7 Å². The zero-order valence-corrected chi connectivity index (χ0v) is 11.9. The number of benzene rings is 1. The minimum absolute atomic E-state index is 0.250. The molecule has 1 unspecified atom stereocenters. The molecule has 106 valence electrons. The summed E-state index contributed by atoms with van der Waals surface area (Å²) < 4.78 is 7.15. The Morgan fingerprint density at radius 1 is 1.45 bits per heavy atom. The Labute approximate surface area is 118 Å². The van der Waals surface area contributed by atoms with Gasteiger partial charge in [0.05, 0.1) is 13.3 Å². The van der Waals surface area contributed by atoms with Gasteiger partial charge >= 0.3 is 0 Å². The summed E-state index contributed by atoms with van der Waals surface area (Å²) in [6.45, 7) is 2.41. The highest BCUT2D eigenvalue weighted by Crippen LogP contribution is 2.36. The second-order valence-corrected chi connectivity index (χ2v) is 5.24. The number of rotatable bonds is 4. The van der Waals surface area contributed by atoms with E-state index in [0.29, 0.717) is 6.54 Å². The maximum Gasteiger partial charge on any atom is 0.119 e. The first-order chi connectivity index (χ1) is 9.71. The summed E-state index contributed by atoms with van der Waals surface area (Å²) in [5.41, 5.74) is 9.83. The smallest absolute Gasteiger partial charge is 0.119 e. The van der Waals surface area contributed by atoms with Crippen LogP contribution in [-0.4, -0.2) is 28.3 Å². The molecule has 5 heteroatoms. The monoisotopic (exact) mass is 272 g/mol. The van der Waals surface area contributed by atoms with Crippen molar-refractivity contribution in [3.05, 3.63) is 47.3 Å². The van der Waals surface area contributed by atoms with Gasteiger partial charge in [-0.2, -0.15) is 5.10 Å². The third-order valence-electron chi connectivity index (χ3n) is 3.89. The summed E-state index contributed by atoms with van der Waals surface area (Å²) in [7, 11) is 3.63. The lowest BCUT2D eigenvalue weighted by Gasteiger charge is -2.23. The second kappa shape index (κ2) is 5.26. The van der Waals surface area contributed by atoms with E-state index in [-0.39, 0.29) is 6.04 Å². The molecule has 20 heavy (non-hydrogen) atoms. The Morgan fingerprint density at radius 2 is 2.30 bits per heavy atom. The molecule has 0 radical (unpaired) electrons. The molecule has 0 fully saturated rings. The van der Waals surface area contributed by atoms with Crippen molar-refractivity contribution in [3.63, 3.8) is 0 Å². The van der Waals surface area contributed by atoms with Crippen LogP contribution in [0.15, 0.2) is 30.6 Å². The van der Waals surface area contributed by atoms with Crippen molar-refractivity contribution < 1.29 is 4.74 Å². The van der Waals surface area contributed by atoms with Gasteiger partial charge in [0.1, 0.15) is 5.75 Å². The number of nitrogens with two attached hydrogens (primary N) is 1. The maximum atomic E-state index is 5.99. The normalized spacial score (nSPS) is 18.2. The Bertz CT molecular complexity index is 608. The van der Waals surface area contributed by atoms with Gasteiger partial charge in [-0.15, -0.1) is 0 Å².